The number of hydrogen-bond acceptors (Lipinski definition) is 4. The normalized spacial score (nSPS) is 16.4. The Morgan fingerprint density at radius 1 is 1.16 bits per heavy atom. The zero-order chi connectivity index (χ0) is 14.0. The van der Waals surface area contributed by atoms with Gasteiger partial charge in [0.15, 0.2) is 9.84 Å². The van der Waals surface area contributed by atoms with Gasteiger partial charge in [-0.25, -0.2) is 8.42 Å². The van der Waals surface area contributed by atoms with Crippen molar-refractivity contribution >= 4 is 21.4 Å². The largest absolute Gasteiger partial charge is 0.399 e. The van der Waals surface area contributed by atoms with Crippen molar-refractivity contribution in [2.75, 3.05) is 25.1 Å². The standard InChI is InChI=1S/C13H18N2O3S/c1-19(17,18)12-8-10(7-11(14)9-12)13(16)15-5-3-2-4-6-15/h7-9H,2-6,14H2,1H3. The molecular formula is C13H18N2O3S. The molecule has 1 aliphatic heterocycles. The molecule has 6 heteroatoms. The number of nitrogens with zero attached hydrogens (tertiary/aromatic N) is 1. The van der Waals surface area contributed by atoms with E-state index in [2.05, 4.69) is 0 Å². The molecule has 1 saturated heterocycles. The number of rotatable bonds is 2. The van der Waals surface area contributed by atoms with Crippen LogP contribution < -0.4 is 5.73 Å². The highest BCUT2D eigenvalue weighted by atomic mass is 32.2. The highest BCUT2D eigenvalue weighted by Gasteiger charge is 2.20. The Balaban J connectivity index is 2.34. The third-order valence-electron chi connectivity index (χ3n) is 3.25. The van der Waals surface area contributed by atoms with Crippen molar-refractivity contribution < 1.29 is 13.2 Å². The van der Waals surface area contributed by atoms with Crippen molar-refractivity contribution in [3.05, 3.63) is 23.8 Å². The van der Waals surface area contributed by atoms with Crippen molar-refractivity contribution in [3.63, 3.8) is 0 Å². The average molecular weight is 282 g/mol. The number of likely N-dealkylation sites (tertiary alicyclic amines) is 1. The minimum absolute atomic E-state index is 0.0906. The summed E-state index contributed by atoms with van der Waals surface area (Å²) in [4.78, 5) is 14.2. The fourth-order valence-electron chi connectivity index (χ4n) is 2.24. The molecule has 0 radical (unpaired) electrons. The first-order valence-corrected chi connectivity index (χ1v) is 8.17. The summed E-state index contributed by atoms with van der Waals surface area (Å²) in [7, 11) is -3.36. The molecule has 2 rings (SSSR count). The lowest BCUT2D eigenvalue weighted by Gasteiger charge is -2.27. The van der Waals surface area contributed by atoms with Gasteiger partial charge in [0.25, 0.3) is 5.91 Å². The highest BCUT2D eigenvalue weighted by molar-refractivity contribution is 7.90. The second kappa shape index (κ2) is 5.21. The third kappa shape index (κ3) is 3.26. The van der Waals surface area contributed by atoms with Crippen LogP contribution in [0.25, 0.3) is 0 Å². The van der Waals surface area contributed by atoms with E-state index in [1.165, 1.54) is 18.2 Å². The minimum atomic E-state index is -3.36. The van der Waals surface area contributed by atoms with Gasteiger partial charge in [-0.2, -0.15) is 0 Å². The van der Waals surface area contributed by atoms with Gasteiger partial charge in [-0.05, 0) is 37.5 Å². The topological polar surface area (TPSA) is 80.5 Å². The van der Waals surface area contributed by atoms with E-state index in [0.29, 0.717) is 11.3 Å². The zero-order valence-corrected chi connectivity index (χ0v) is 11.7. The number of nitrogen functional groups attached to an aromatic ring is 1. The maximum Gasteiger partial charge on any atom is 0.253 e. The second-order valence-corrected chi connectivity index (χ2v) is 6.93. The first-order valence-electron chi connectivity index (χ1n) is 6.28. The number of anilines is 1. The van der Waals surface area contributed by atoms with Crippen LogP contribution in [0.2, 0.25) is 0 Å². The van der Waals surface area contributed by atoms with Crippen molar-refractivity contribution in [1.82, 2.24) is 4.90 Å². The summed E-state index contributed by atoms with van der Waals surface area (Å²) < 4.78 is 23.1. The Morgan fingerprint density at radius 2 is 1.79 bits per heavy atom. The van der Waals surface area contributed by atoms with Gasteiger partial charge in [0.05, 0.1) is 4.90 Å². The van der Waals surface area contributed by atoms with Crippen molar-refractivity contribution in [2.45, 2.75) is 24.2 Å². The molecule has 5 nitrogen and oxygen atoms in total. The molecule has 1 aliphatic rings. The Kier molecular flexibility index (Phi) is 3.80. The van der Waals surface area contributed by atoms with Crippen LogP contribution in [0.4, 0.5) is 5.69 Å². The third-order valence-corrected chi connectivity index (χ3v) is 4.34. The summed E-state index contributed by atoms with van der Waals surface area (Å²) in [6, 6.07) is 4.32. The van der Waals surface area contributed by atoms with Gasteiger partial charge < -0.3 is 10.6 Å². The number of sulfone groups is 1. The maximum atomic E-state index is 12.3. The van der Waals surface area contributed by atoms with Crippen LogP contribution in [0.15, 0.2) is 23.1 Å². The van der Waals surface area contributed by atoms with Crippen LogP contribution in [-0.4, -0.2) is 38.6 Å². The van der Waals surface area contributed by atoms with E-state index in [1.54, 1.807) is 4.90 Å². The lowest BCUT2D eigenvalue weighted by molar-refractivity contribution is 0.0724. The van der Waals surface area contributed by atoms with Crippen LogP contribution in [0.1, 0.15) is 29.6 Å². The number of hydrogen-bond donors (Lipinski definition) is 1. The Morgan fingerprint density at radius 3 is 2.37 bits per heavy atom. The van der Waals surface area contributed by atoms with E-state index in [-0.39, 0.29) is 10.8 Å². The number of amides is 1. The summed E-state index contributed by atoms with van der Waals surface area (Å²) in [6.45, 7) is 1.45. The summed E-state index contributed by atoms with van der Waals surface area (Å²) in [6.07, 6.45) is 4.23. The quantitative estimate of drug-likeness (QED) is 0.829. The summed E-state index contributed by atoms with van der Waals surface area (Å²) in [5.41, 5.74) is 6.33. The highest BCUT2D eigenvalue weighted by Crippen LogP contribution is 2.20. The fourth-order valence-corrected chi connectivity index (χ4v) is 2.93. The molecule has 1 fully saturated rings. The molecule has 0 saturated carbocycles. The smallest absolute Gasteiger partial charge is 0.253 e. The van der Waals surface area contributed by atoms with Crippen LogP contribution >= 0.6 is 0 Å². The molecule has 1 amide bonds. The van der Waals surface area contributed by atoms with Gasteiger partial charge in [-0.3, -0.25) is 4.79 Å². The summed E-state index contributed by atoms with van der Waals surface area (Å²) in [5, 5.41) is 0. The lowest BCUT2D eigenvalue weighted by Crippen LogP contribution is -2.35. The number of nitrogens with two attached hydrogens (primary N) is 1. The molecule has 0 atom stereocenters. The predicted molar refractivity (Wildman–Crippen MR) is 73.7 cm³/mol. The molecule has 19 heavy (non-hydrogen) atoms. The molecule has 1 heterocycles. The molecule has 0 aromatic heterocycles. The maximum absolute atomic E-state index is 12.3. The molecule has 0 spiro atoms. The molecule has 2 N–H and O–H groups in total. The zero-order valence-electron chi connectivity index (χ0n) is 10.9. The van der Waals surface area contributed by atoms with Gasteiger partial charge in [0, 0.05) is 30.6 Å². The van der Waals surface area contributed by atoms with Crippen molar-refractivity contribution in [1.29, 1.82) is 0 Å². The van der Waals surface area contributed by atoms with Crippen molar-refractivity contribution in [2.24, 2.45) is 0 Å². The van der Waals surface area contributed by atoms with Gasteiger partial charge >= 0.3 is 0 Å². The Hall–Kier alpha value is -1.56. The van der Waals surface area contributed by atoms with E-state index < -0.39 is 9.84 Å². The van der Waals surface area contributed by atoms with Gasteiger partial charge in [-0.15, -0.1) is 0 Å². The number of benzene rings is 1. The van der Waals surface area contributed by atoms with Crippen LogP contribution in [0, 0.1) is 0 Å². The van der Waals surface area contributed by atoms with Crippen LogP contribution in [0.3, 0.4) is 0 Å². The number of carbonyl (C=O) groups excluding carboxylic acids is 1. The predicted octanol–water partition coefficient (Wildman–Crippen LogP) is 1.30. The molecule has 104 valence electrons. The van der Waals surface area contributed by atoms with E-state index in [0.717, 1.165) is 38.6 Å². The first kappa shape index (κ1) is 13.9. The monoisotopic (exact) mass is 282 g/mol. The molecular weight excluding hydrogens is 264 g/mol. The van der Waals surface area contributed by atoms with Gasteiger partial charge in [-0.1, -0.05) is 0 Å². The SMILES string of the molecule is CS(=O)(=O)c1cc(N)cc(C(=O)N2CCCCC2)c1. The van der Waals surface area contributed by atoms with Crippen molar-refractivity contribution in [3.8, 4) is 0 Å². The second-order valence-electron chi connectivity index (χ2n) is 4.92. The Labute approximate surface area is 113 Å². The first-order chi connectivity index (χ1) is 8.88. The molecule has 1 aromatic carbocycles. The molecule has 0 aliphatic carbocycles. The van der Waals surface area contributed by atoms with E-state index >= 15 is 0 Å². The lowest BCUT2D eigenvalue weighted by atomic mass is 10.1. The molecule has 1 aromatic rings. The minimum Gasteiger partial charge on any atom is -0.399 e. The summed E-state index contributed by atoms with van der Waals surface area (Å²) >= 11 is 0. The number of carbonyl (C=O) groups is 1. The number of piperidine rings is 1. The van der Waals surface area contributed by atoms with Crippen LogP contribution in [0.5, 0.6) is 0 Å². The molecule has 0 bridgehead atoms. The Bertz CT molecular complexity index is 590. The van der Waals surface area contributed by atoms with E-state index in [4.69, 9.17) is 5.73 Å². The van der Waals surface area contributed by atoms with Gasteiger partial charge in [0.2, 0.25) is 0 Å². The molecule has 0 unspecified atom stereocenters. The average Bonchev–Trinajstić information content (AvgIpc) is 2.37. The van der Waals surface area contributed by atoms with Crippen LogP contribution in [-0.2, 0) is 9.84 Å². The van der Waals surface area contributed by atoms with E-state index in [9.17, 15) is 13.2 Å². The van der Waals surface area contributed by atoms with E-state index in [1.807, 2.05) is 0 Å². The fraction of sp³-hybridized carbons (Fsp3) is 0.462. The van der Waals surface area contributed by atoms with Gasteiger partial charge in [0.1, 0.15) is 0 Å². The summed E-state index contributed by atoms with van der Waals surface area (Å²) in [5.74, 6) is -0.142.